The molecular weight excluding hydrogens is 417 g/mol. The van der Waals surface area contributed by atoms with Gasteiger partial charge in [-0.05, 0) is 36.4 Å². The lowest BCUT2D eigenvalue weighted by Gasteiger charge is -1.98. The highest BCUT2D eigenvalue weighted by molar-refractivity contribution is 8.00. The van der Waals surface area contributed by atoms with Crippen molar-refractivity contribution in [2.24, 2.45) is 0 Å². The molecule has 0 spiro atoms. The smallest absolute Gasteiger partial charge is 0.237 e. The van der Waals surface area contributed by atoms with Crippen LogP contribution in [0.3, 0.4) is 0 Å². The maximum absolute atomic E-state index is 13.7. The largest absolute Gasteiger partial charge is 0.360 e. The fourth-order valence-electron chi connectivity index (χ4n) is 2.37. The summed E-state index contributed by atoms with van der Waals surface area (Å²) in [6.07, 6.45) is 0.962. The van der Waals surface area contributed by atoms with Crippen LogP contribution in [0.15, 0.2) is 44.6 Å². The first-order valence-electron chi connectivity index (χ1n) is 8.49. The molecule has 4 aromatic rings. The molecular formula is C18H16FN5OS3. The summed E-state index contributed by atoms with van der Waals surface area (Å²) in [4.78, 5) is 5.67. The molecule has 144 valence electrons. The summed E-state index contributed by atoms with van der Waals surface area (Å²) in [6, 6.07) is 9.06. The van der Waals surface area contributed by atoms with Gasteiger partial charge in [0.1, 0.15) is 5.82 Å². The number of nitrogens with one attached hydrogen (secondary N) is 1. The van der Waals surface area contributed by atoms with Gasteiger partial charge in [0.2, 0.25) is 16.8 Å². The number of hydrogen-bond donors (Lipinski definition) is 1. The second-order valence-electron chi connectivity index (χ2n) is 5.89. The molecule has 3 heterocycles. The van der Waals surface area contributed by atoms with Crippen molar-refractivity contribution in [3.8, 4) is 11.4 Å². The van der Waals surface area contributed by atoms with E-state index >= 15 is 0 Å². The third-order valence-electron chi connectivity index (χ3n) is 3.85. The predicted molar refractivity (Wildman–Crippen MR) is 110 cm³/mol. The molecule has 0 aliphatic heterocycles. The van der Waals surface area contributed by atoms with Gasteiger partial charge in [-0.2, -0.15) is 4.98 Å². The molecule has 1 N–H and O–H groups in total. The Bertz CT molecular complexity index is 1050. The van der Waals surface area contributed by atoms with Gasteiger partial charge in [-0.1, -0.05) is 46.5 Å². The maximum atomic E-state index is 13.7. The number of thioether (sulfide) groups is 1. The first-order chi connectivity index (χ1) is 13.7. The van der Waals surface area contributed by atoms with E-state index < -0.39 is 0 Å². The number of nitrogens with zero attached hydrogens (tertiary/aromatic N) is 4. The monoisotopic (exact) mass is 433 g/mol. The van der Waals surface area contributed by atoms with E-state index in [4.69, 9.17) is 4.52 Å². The van der Waals surface area contributed by atoms with E-state index in [0.717, 1.165) is 22.4 Å². The minimum atomic E-state index is -0.286. The summed E-state index contributed by atoms with van der Waals surface area (Å²) in [6.45, 7) is 2.53. The Labute approximate surface area is 173 Å². The highest BCUT2D eigenvalue weighted by Gasteiger charge is 2.12. The Kier molecular flexibility index (Phi) is 5.98. The van der Waals surface area contributed by atoms with Gasteiger partial charge in [0.15, 0.2) is 4.34 Å². The molecule has 0 saturated carbocycles. The number of aryl methyl sites for hydroxylation is 1. The second kappa shape index (κ2) is 8.80. The van der Waals surface area contributed by atoms with Crippen LogP contribution in [0.1, 0.15) is 16.3 Å². The third-order valence-corrected chi connectivity index (χ3v) is 6.79. The number of halogens is 1. The topological polar surface area (TPSA) is 76.7 Å². The molecule has 6 nitrogen and oxygen atoms in total. The molecule has 0 aliphatic carbocycles. The lowest BCUT2D eigenvalue weighted by Crippen LogP contribution is -2.03. The van der Waals surface area contributed by atoms with Gasteiger partial charge in [0.05, 0.1) is 5.75 Å². The number of aromatic nitrogens is 4. The second-order valence-corrected chi connectivity index (χ2v) is 9.13. The van der Waals surface area contributed by atoms with Crippen LogP contribution >= 0.6 is 34.4 Å². The van der Waals surface area contributed by atoms with Crippen molar-refractivity contribution in [1.82, 2.24) is 20.3 Å². The Hall–Kier alpha value is -2.30. The number of anilines is 1. The van der Waals surface area contributed by atoms with Gasteiger partial charge in [-0.15, -0.1) is 21.5 Å². The van der Waals surface area contributed by atoms with Crippen molar-refractivity contribution in [2.75, 3.05) is 11.9 Å². The zero-order valence-corrected chi connectivity index (χ0v) is 17.3. The highest BCUT2D eigenvalue weighted by atomic mass is 32.2. The van der Waals surface area contributed by atoms with E-state index in [-0.39, 0.29) is 5.82 Å². The lowest BCUT2D eigenvalue weighted by atomic mass is 10.1. The molecule has 1 aromatic carbocycles. The maximum Gasteiger partial charge on any atom is 0.237 e. The van der Waals surface area contributed by atoms with Crippen molar-refractivity contribution < 1.29 is 8.91 Å². The van der Waals surface area contributed by atoms with Crippen molar-refractivity contribution in [3.63, 3.8) is 0 Å². The van der Waals surface area contributed by atoms with Crippen molar-refractivity contribution in [2.45, 2.75) is 23.4 Å². The van der Waals surface area contributed by atoms with E-state index in [2.05, 4.69) is 43.2 Å². The standard InChI is InChI=1S/C18H16FN5OS3/c1-11-4-5-12(9-14(11)19)16-21-15(25-24-16)10-27-18-23-22-17(28-18)20-7-6-13-3-2-8-26-13/h2-5,8-9H,6-7,10H2,1H3,(H,20,22). The minimum Gasteiger partial charge on any atom is -0.360 e. The fraction of sp³-hybridized carbons (Fsp3) is 0.222. The van der Waals surface area contributed by atoms with E-state index in [1.165, 1.54) is 34.0 Å². The van der Waals surface area contributed by atoms with Gasteiger partial charge in [-0.25, -0.2) is 4.39 Å². The number of hydrogen-bond acceptors (Lipinski definition) is 9. The molecule has 0 saturated heterocycles. The van der Waals surface area contributed by atoms with Crippen molar-refractivity contribution in [3.05, 3.63) is 57.9 Å². The summed E-state index contributed by atoms with van der Waals surface area (Å²) >= 11 is 4.72. The van der Waals surface area contributed by atoms with Gasteiger partial charge < -0.3 is 9.84 Å². The van der Waals surface area contributed by atoms with Crippen LogP contribution in [0, 0.1) is 12.7 Å². The summed E-state index contributed by atoms with van der Waals surface area (Å²) in [7, 11) is 0. The molecule has 0 bridgehead atoms. The summed E-state index contributed by atoms with van der Waals surface area (Å²) in [5.74, 6) is 1.03. The lowest BCUT2D eigenvalue weighted by molar-refractivity contribution is 0.391. The molecule has 28 heavy (non-hydrogen) atoms. The predicted octanol–water partition coefficient (Wildman–Crippen LogP) is 5.04. The molecule has 0 atom stereocenters. The molecule has 0 radical (unpaired) electrons. The normalized spacial score (nSPS) is 11.1. The average molecular weight is 434 g/mol. The molecule has 0 aliphatic rings. The van der Waals surface area contributed by atoms with Crippen molar-refractivity contribution >= 4 is 39.6 Å². The zero-order valence-electron chi connectivity index (χ0n) is 14.9. The summed E-state index contributed by atoms with van der Waals surface area (Å²) < 4.78 is 19.8. The van der Waals surface area contributed by atoms with Crippen LogP contribution in [0.25, 0.3) is 11.4 Å². The van der Waals surface area contributed by atoms with E-state index in [0.29, 0.717) is 28.6 Å². The quantitative estimate of drug-likeness (QED) is 0.390. The summed E-state index contributed by atoms with van der Waals surface area (Å²) in [5, 5.41) is 18.4. The van der Waals surface area contributed by atoms with Gasteiger partial charge in [-0.3, -0.25) is 0 Å². The van der Waals surface area contributed by atoms with Crippen LogP contribution < -0.4 is 5.32 Å². The highest BCUT2D eigenvalue weighted by Crippen LogP contribution is 2.28. The van der Waals surface area contributed by atoms with Crippen LogP contribution in [0.4, 0.5) is 9.52 Å². The van der Waals surface area contributed by atoms with E-state index in [9.17, 15) is 4.39 Å². The van der Waals surface area contributed by atoms with E-state index in [1.54, 1.807) is 30.4 Å². The molecule has 4 rings (SSSR count). The Morgan fingerprint density at radius 3 is 3.00 bits per heavy atom. The molecule has 0 unspecified atom stereocenters. The Balaban J connectivity index is 1.29. The third kappa shape index (κ3) is 4.75. The van der Waals surface area contributed by atoms with Gasteiger partial charge in [0, 0.05) is 17.0 Å². The number of thiophene rings is 1. The minimum absolute atomic E-state index is 0.286. The molecule has 0 fully saturated rings. The van der Waals surface area contributed by atoms with Gasteiger partial charge >= 0.3 is 0 Å². The SMILES string of the molecule is Cc1ccc(-c2noc(CSc3nnc(NCCc4cccs4)s3)n2)cc1F. The van der Waals surface area contributed by atoms with E-state index in [1.807, 2.05) is 0 Å². The number of rotatable bonds is 8. The fourth-order valence-corrected chi connectivity index (χ4v) is 4.70. The molecule has 0 amide bonds. The van der Waals surface area contributed by atoms with Crippen LogP contribution in [0.2, 0.25) is 0 Å². The average Bonchev–Trinajstić information content (AvgIpc) is 3.44. The first kappa shape index (κ1) is 19.0. The zero-order chi connectivity index (χ0) is 19.3. The van der Waals surface area contributed by atoms with Crippen LogP contribution in [0.5, 0.6) is 0 Å². The Morgan fingerprint density at radius 1 is 1.25 bits per heavy atom. The number of benzene rings is 1. The van der Waals surface area contributed by atoms with Gasteiger partial charge in [0.25, 0.3) is 0 Å². The summed E-state index contributed by atoms with van der Waals surface area (Å²) in [5.41, 5.74) is 1.18. The molecule has 3 aromatic heterocycles. The first-order valence-corrected chi connectivity index (χ1v) is 11.2. The van der Waals surface area contributed by atoms with Crippen LogP contribution in [-0.4, -0.2) is 26.9 Å². The Morgan fingerprint density at radius 2 is 2.18 bits per heavy atom. The van der Waals surface area contributed by atoms with Crippen molar-refractivity contribution in [1.29, 1.82) is 0 Å². The van der Waals surface area contributed by atoms with Crippen LogP contribution in [-0.2, 0) is 12.2 Å². The molecule has 10 heteroatoms.